The number of carbonyl (C=O) groups is 1. The van der Waals surface area contributed by atoms with Gasteiger partial charge in [-0.05, 0) is 37.8 Å². The summed E-state index contributed by atoms with van der Waals surface area (Å²) in [7, 11) is 0. The number of anilines is 1. The van der Waals surface area contributed by atoms with Gasteiger partial charge in [0.25, 0.3) is 0 Å². The molecule has 2 amide bonds. The predicted molar refractivity (Wildman–Crippen MR) is 85.6 cm³/mol. The zero-order valence-electron chi connectivity index (χ0n) is 12.9. The molecule has 4 heteroatoms. The number of benzene rings is 1. The van der Waals surface area contributed by atoms with Gasteiger partial charge < -0.3 is 15.4 Å². The van der Waals surface area contributed by atoms with Gasteiger partial charge in [0.05, 0.1) is 6.10 Å². The van der Waals surface area contributed by atoms with Crippen LogP contribution < -0.4 is 10.6 Å². The number of hydrogen-bond donors (Lipinski definition) is 2. The highest BCUT2D eigenvalue weighted by Crippen LogP contribution is 2.20. The summed E-state index contributed by atoms with van der Waals surface area (Å²) >= 11 is 0. The van der Waals surface area contributed by atoms with Crippen LogP contribution in [0.5, 0.6) is 0 Å². The SMILES string of the molecule is Cc1ccccc1NC(=O)NCCCOC1CCCCC1. The molecule has 2 rings (SSSR count). The van der Waals surface area contributed by atoms with Gasteiger partial charge in [-0.3, -0.25) is 0 Å². The summed E-state index contributed by atoms with van der Waals surface area (Å²) in [5.41, 5.74) is 1.92. The second-order valence-electron chi connectivity index (χ2n) is 5.68. The second kappa shape index (κ2) is 8.67. The maximum atomic E-state index is 11.8. The van der Waals surface area contributed by atoms with Crippen LogP contribution in [0, 0.1) is 6.92 Å². The third-order valence-electron chi connectivity index (χ3n) is 3.91. The smallest absolute Gasteiger partial charge is 0.319 e. The van der Waals surface area contributed by atoms with Crippen LogP contribution in [-0.2, 0) is 4.74 Å². The summed E-state index contributed by atoms with van der Waals surface area (Å²) in [6.07, 6.45) is 7.63. The Morgan fingerprint density at radius 2 is 2.00 bits per heavy atom. The van der Waals surface area contributed by atoms with Crippen molar-refractivity contribution < 1.29 is 9.53 Å². The van der Waals surface area contributed by atoms with Crippen LogP contribution in [0.25, 0.3) is 0 Å². The highest BCUT2D eigenvalue weighted by atomic mass is 16.5. The Kier molecular flexibility index (Phi) is 6.54. The lowest BCUT2D eigenvalue weighted by Crippen LogP contribution is -2.30. The summed E-state index contributed by atoms with van der Waals surface area (Å²) in [5.74, 6) is 0. The lowest BCUT2D eigenvalue weighted by molar-refractivity contribution is 0.0276. The fourth-order valence-electron chi connectivity index (χ4n) is 2.64. The molecule has 0 saturated heterocycles. The Balaban J connectivity index is 1.56. The molecule has 1 aliphatic carbocycles. The minimum Gasteiger partial charge on any atom is -0.378 e. The molecule has 4 nitrogen and oxygen atoms in total. The van der Waals surface area contributed by atoms with Crippen molar-refractivity contribution in [3.63, 3.8) is 0 Å². The summed E-state index contributed by atoms with van der Waals surface area (Å²) < 4.78 is 5.83. The zero-order chi connectivity index (χ0) is 14.9. The first-order valence-corrected chi connectivity index (χ1v) is 7.98. The van der Waals surface area contributed by atoms with Crippen molar-refractivity contribution >= 4 is 11.7 Å². The number of nitrogens with one attached hydrogen (secondary N) is 2. The van der Waals surface area contributed by atoms with Crippen molar-refractivity contribution in [2.75, 3.05) is 18.5 Å². The minimum absolute atomic E-state index is 0.151. The molecular weight excluding hydrogens is 264 g/mol. The maximum Gasteiger partial charge on any atom is 0.319 e. The van der Waals surface area contributed by atoms with Crippen LogP contribution in [0.15, 0.2) is 24.3 Å². The Hall–Kier alpha value is -1.55. The number of ether oxygens (including phenoxy) is 1. The lowest BCUT2D eigenvalue weighted by Gasteiger charge is -2.21. The highest BCUT2D eigenvalue weighted by molar-refractivity contribution is 5.89. The van der Waals surface area contributed by atoms with E-state index in [0.29, 0.717) is 12.6 Å². The molecule has 0 heterocycles. The molecule has 0 aromatic heterocycles. The lowest BCUT2D eigenvalue weighted by atomic mass is 9.98. The van der Waals surface area contributed by atoms with Crippen LogP contribution in [0.1, 0.15) is 44.1 Å². The van der Waals surface area contributed by atoms with E-state index >= 15 is 0 Å². The van der Waals surface area contributed by atoms with Crippen molar-refractivity contribution in [2.45, 2.75) is 51.6 Å². The number of amides is 2. The summed E-state index contributed by atoms with van der Waals surface area (Å²) in [4.78, 5) is 11.8. The zero-order valence-corrected chi connectivity index (χ0v) is 12.9. The largest absolute Gasteiger partial charge is 0.378 e. The van der Waals surface area contributed by atoms with E-state index in [-0.39, 0.29) is 6.03 Å². The van der Waals surface area contributed by atoms with Gasteiger partial charge in [0.2, 0.25) is 0 Å². The van der Waals surface area contributed by atoms with Gasteiger partial charge in [0.1, 0.15) is 0 Å². The second-order valence-corrected chi connectivity index (χ2v) is 5.68. The van der Waals surface area contributed by atoms with Gasteiger partial charge in [-0.2, -0.15) is 0 Å². The van der Waals surface area contributed by atoms with Crippen LogP contribution in [0.3, 0.4) is 0 Å². The van der Waals surface area contributed by atoms with E-state index in [1.807, 2.05) is 31.2 Å². The number of carbonyl (C=O) groups excluding carboxylic acids is 1. The van der Waals surface area contributed by atoms with Gasteiger partial charge in [0.15, 0.2) is 0 Å². The number of para-hydroxylation sites is 1. The molecule has 0 aliphatic heterocycles. The molecule has 1 saturated carbocycles. The van der Waals surface area contributed by atoms with Gasteiger partial charge in [-0.15, -0.1) is 0 Å². The monoisotopic (exact) mass is 290 g/mol. The van der Waals surface area contributed by atoms with E-state index in [0.717, 1.165) is 24.3 Å². The predicted octanol–water partition coefficient (Wildman–Crippen LogP) is 3.86. The maximum absolute atomic E-state index is 11.8. The average Bonchev–Trinajstić information content (AvgIpc) is 2.50. The number of rotatable bonds is 6. The standard InChI is InChI=1S/C17H26N2O2/c1-14-8-5-6-11-16(14)19-17(20)18-12-7-13-21-15-9-3-2-4-10-15/h5-6,8,11,15H,2-4,7,9-10,12-13H2,1H3,(H2,18,19,20). The third-order valence-corrected chi connectivity index (χ3v) is 3.91. The highest BCUT2D eigenvalue weighted by Gasteiger charge is 2.13. The third kappa shape index (κ3) is 5.76. The molecular formula is C17H26N2O2. The Morgan fingerprint density at radius 1 is 1.24 bits per heavy atom. The number of aryl methyl sites for hydroxylation is 1. The van der Waals surface area contributed by atoms with E-state index in [1.165, 1.54) is 32.1 Å². The molecule has 21 heavy (non-hydrogen) atoms. The van der Waals surface area contributed by atoms with Gasteiger partial charge in [-0.25, -0.2) is 4.79 Å². The van der Waals surface area contributed by atoms with Crippen LogP contribution >= 0.6 is 0 Å². The molecule has 0 atom stereocenters. The van der Waals surface area contributed by atoms with E-state index in [9.17, 15) is 4.79 Å². The molecule has 0 spiro atoms. The first-order valence-electron chi connectivity index (χ1n) is 7.98. The number of hydrogen-bond acceptors (Lipinski definition) is 2. The molecule has 2 N–H and O–H groups in total. The summed E-state index contributed by atoms with van der Waals surface area (Å²) in [6.45, 7) is 3.35. The van der Waals surface area contributed by atoms with Gasteiger partial charge >= 0.3 is 6.03 Å². The molecule has 116 valence electrons. The Morgan fingerprint density at radius 3 is 2.76 bits per heavy atom. The molecule has 1 aliphatic rings. The van der Waals surface area contributed by atoms with Crippen molar-refractivity contribution in [2.24, 2.45) is 0 Å². The molecule has 1 aromatic rings. The Bertz CT molecular complexity index is 442. The first kappa shape index (κ1) is 15.8. The fourth-order valence-corrected chi connectivity index (χ4v) is 2.64. The fraction of sp³-hybridized carbons (Fsp3) is 0.588. The van der Waals surface area contributed by atoms with E-state index in [4.69, 9.17) is 4.74 Å². The van der Waals surface area contributed by atoms with Crippen LogP contribution in [0.4, 0.5) is 10.5 Å². The Labute approximate surface area is 127 Å². The molecule has 0 radical (unpaired) electrons. The summed E-state index contributed by atoms with van der Waals surface area (Å²) in [6, 6.07) is 7.61. The van der Waals surface area contributed by atoms with Crippen LogP contribution in [-0.4, -0.2) is 25.3 Å². The van der Waals surface area contributed by atoms with E-state index in [2.05, 4.69) is 10.6 Å². The molecule has 0 bridgehead atoms. The molecule has 1 fully saturated rings. The van der Waals surface area contributed by atoms with Crippen molar-refractivity contribution in [3.05, 3.63) is 29.8 Å². The summed E-state index contributed by atoms with van der Waals surface area (Å²) in [5, 5.41) is 5.73. The quantitative estimate of drug-likeness (QED) is 0.782. The van der Waals surface area contributed by atoms with Gasteiger partial charge in [-0.1, -0.05) is 37.5 Å². The topological polar surface area (TPSA) is 50.4 Å². The van der Waals surface area contributed by atoms with Crippen LogP contribution in [0.2, 0.25) is 0 Å². The molecule has 1 aromatic carbocycles. The van der Waals surface area contributed by atoms with Crippen molar-refractivity contribution in [3.8, 4) is 0 Å². The van der Waals surface area contributed by atoms with Crippen molar-refractivity contribution in [1.29, 1.82) is 0 Å². The first-order chi connectivity index (χ1) is 10.3. The average molecular weight is 290 g/mol. The normalized spacial score (nSPS) is 15.7. The van der Waals surface area contributed by atoms with E-state index in [1.54, 1.807) is 0 Å². The van der Waals surface area contributed by atoms with Gasteiger partial charge in [0, 0.05) is 18.8 Å². The number of urea groups is 1. The minimum atomic E-state index is -0.151. The van der Waals surface area contributed by atoms with E-state index < -0.39 is 0 Å². The van der Waals surface area contributed by atoms with Crippen molar-refractivity contribution in [1.82, 2.24) is 5.32 Å². The molecule has 0 unspecified atom stereocenters.